The lowest BCUT2D eigenvalue weighted by molar-refractivity contribution is 0.362. The first-order valence-corrected chi connectivity index (χ1v) is 5.91. The Balaban J connectivity index is 1.87. The zero-order valence-electron chi connectivity index (χ0n) is 8.55. The molecule has 1 aliphatic carbocycles. The van der Waals surface area contributed by atoms with Crippen LogP contribution in [-0.4, -0.2) is 10.9 Å². The van der Waals surface area contributed by atoms with Gasteiger partial charge in [-0.1, -0.05) is 19.8 Å². The minimum Gasteiger partial charge on any atom is -0.383 e. The summed E-state index contributed by atoms with van der Waals surface area (Å²) in [5.74, 6) is 0.620. The first-order chi connectivity index (χ1) is 6.68. The molecule has 0 radical (unpaired) electrons. The Bertz CT molecular complexity index is 302. The molecule has 4 heteroatoms. The Kier molecular flexibility index (Phi) is 2.63. The van der Waals surface area contributed by atoms with E-state index < -0.39 is 0 Å². The molecule has 3 nitrogen and oxygen atoms in total. The second-order valence-corrected chi connectivity index (χ2v) is 5.29. The molecular weight excluding hydrogens is 194 g/mol. The molecule has 0 unspecified atom stereocenters. The van der Waals surface area contributed by atoms with Crippen LogP contribution in [0.25, 0.3) is 0 Å². The van der Waals surface area contributed by atoms with Crippen molar-refractivity contribution in [1.82, 2.24) is 4.37 Å². The summed E-state index contributed by atoms with van der Waals surface area (Å²) in [4.78, 5) is 0. The first-order valence-electron chi connectivity index (χ1n) is 5.14. The van der Waals surface area contributed by atoms with Crippen molar-refractivity contribution in [2.24, 2.45) is 5.41 Å². The van der Waals surface area contributed by atoms with Gasteiger partial charge in [0.2, 0.25) is 0 Å². The van der Waals surface area contributed by atoms with Crippen molar-refractivity contribution in [3.8, 4) is 0 Å². The van der Waals surface area contributed by atoms with Gasteiger partial charge in [-0.15, -0.1) is 0 Å². The summed E-state index contributed by atoms with van der Waals surface area (Å²) in [6, 6.07) is 1.91. The molecule has 0 aliphatic heterocycles. The van der Waals surface area contributed by atoms with E-state index in [2.05, 4.69) is 16.6 Å². The van der Waals surface area contributed by atoms with E-state index in [-0.39, 0.29) is 0 Å². The van der Waals surface area contributed by atoms with Crippen LogP contribution < -0.4 is 11.1 Å². The predicted octanol–water partition coefficient (Wildman–Crippen LogP) is 2.72. The monoisotopic (exact) mass is 211 g/mol. The maximum Gasteiger partial charge on any atom is 0.139 e. The van der Waals surface area contributed by atoms with Crippen LogP contribution in [0, 0.1) is 5.41 Å². The van der Waals surface area contributed by atoms with E-state index >= 15 is 0 Å². The topological polar surface area (TPSA) is 50.9 Å². The number of nitrogens with two attached hydrogens (primary N) is 1. The maximum absolute atomic E-state index is 5.55. The molecule has 1 aromatic heterocycles. The average Bonchev–Trinajstić information content (AvgIpc) is 2.73. The van der Waals surface area contributed by atoms with E-state index in [0.29, 0.717) is 11.2 Å². The molecule has 0 atom stereocenters. The molecule has 3 N–H and O–H groups in total. The summed E-state index contributed by atoms with van der Waals surface area (Å²) >= 11 is 1.45. The van der Waals surface area contributed by atoms with E-state index in [1.165, 1.54) is 37.2 Å². The van der Waals surface area contributed by atoms with E-state index in [4.69, 9.17) is 5.73 Å². The van der Waals surface area contributed by atoms with Crippen LogP contribution in [0.1, 0.15) is 32.6 Å². The third-order valence-corrected chi connectivity index (χ3v) is 3.79. The van der Waals surface area contributed by atoms with Gasteiger partial charge in [0.15, 0.2) is 0 Å². The minimum absolute atomic E-state index is 0.485. The molecule has 0 spiro atoms. The van der Waals surface area contributed by atoms with Crippen molar-refractivity contribution in [2.75, 3.05) is 17.6 Å². The van der Waals surface area contributed by atoms with Gasteiger partial charge in [0.1, 0.15) is 10.8 Å². The fourth-order valence-electron chi connectivity index (χ4n) is 2.08. The van der Waals surface area contributed by atoms with Crippen LogP contribution in [0.4, 0.5) is 10.8 Å². The molecule has 78 valence electrons. The van der Waals surface area contributed by atoms with Gasteiger partial charge < -0.3 is 11.1 Å². The highest BCUT2D eigenvalue weighted by Crippen LogP contribution is 2.37. The van der Waals surface area contributed by atoms with Gasteiger partial charge in [-0.05, 0) is 29.8 Å². The summed E-state index contributed by atoms with van der Waals surface area (Å²) in [5, 5.41) is 4.52. The largest absolute Gasteiger partial charge is 0.383 e. The average molecular weight is 211 g/mol. The molecule has 14 heavy (non-hydrogen) atoms. The molecule has 0 bridgehead atoms. The molecule has 2 rings (SSSR count). The highest BCUT2D eigenvalue weighted by Gasteiger charge is 2.28. The molecule has 1 fully saturated rings. The zero-order chi connectivity index (χ0) is 10.0. The number of nitrogen functional groups attached to an aromatic ring is 1. The van der Waals surface area contributed by atoms with Gasteiger partial charge in [-0.2, -0.15) is 4.37 Å². The Morgan fingerprint density at radius 3 is 2.86 bits per heavy atom. The van der Waals surface area contributed by atoms with Crippen LogP contribution in [-0.2, 0) is 0 Å². The lowest BCUT2D eigenvalue weighted by Crippen LogP contribution is -2.22. The molecule has 0 aromatic carbocycles. The molecule has 1 aromatic rings. The van der Waals surface area contributed by atoms with Crippen molar-refractivity contribution in [2.45, 2.75) is 32.6 Å². The quantitative estimate of drug-likeness (QED) is 0.808. The maximum atomic E-state index is 5.55. The van der Waals surface area contributed by atoms with Crippen LogP contribution in [0.15, 0.2) is 6.07 Å². The van der Waals surface area contributed by atoms with Crippen molar-refractivity contribution < 1.29 is 0 Å². The number of anilines is 2. The molecule has 1 saturated carbocycles. The van der Waals surface area contributed by atoms with Crippen molar-refractivity contribution in [3.05, 3.63) is 6.07 Å². The summed E-state index contributed by atoms with van der Waals surface area (Å²) in [6.07, 6.45) is 5.44. The molecule has 0 amide bonds. The number of rotatable bonds is 3. The Morgan fingerprint density at radius 2 is 2.29 bits per heavy atom. The zero-order valence-corrected chi connectivity index (χ0v) is 9.36. The number of aromatic nitrogens is 1. The fraction of sp³-hybridized carbons (Fsp3) is 0.700. The molecule has 1 heterocycles. The van der Waals surface area contributed by atoms with Gasteiger partial charge in [0.25, 0.3) is 0 Å². The molecule has 0 saturated heterocycles. The third kappa shape index (κ3) is 2.18. The van der Waals surface area contributed by atoms with E-state index in [0.717, 1.165) is 11.5 Å². The second-order valence-electron chi connectivity index (χ2n) is 4.49. The van der Waals surface area contributed by atoms with Crippen LogP contribution in [0.5, 0.6) is 0 Å². The Hall–Kier alpha value is -0.770. The summed E-state index contributed by atoms with van der Waals surface area (Å²) in [5.41, 5.74) is 6.04. The van der Waals surface area contributed by atoms with E-state index in [9.17, 15) is 0 Å². The standard InChI is InChI=1S/C10H17N3S/c1-10(4-2-3-5-10)7-12-9-6-8(11)13-14-9/h6,12H,2-5,7H2,1H3,(H2,11,13). The lowest BCUT2D eigenvalue weighted by Gasteiger charge is -2.23. The van der Waals surface area contributed by atoms with Crippen LogP contribution >= 0.6 is 11.5 Å². The number of nitrogens with one attached hydrogen (secondary N) is 1. The van der Waals surface area contributed by atoms with Gasteiger partial charge in [0, 0.05) is 12.6 Å². The van der Waals surface area contributed by atoms with Crippen molar-refractivity contribution in [1.29, 1.82) is 0 Å². The van der Waals surface area contributed by atoms with E-state index in [1.54, 1.807) is 0 Å². The van der Waals surface area contributed by atoms with Gasteiger partial charge in [-0.25, -0.2) is 0 Å². The number of hydrogen-bond acceptors (Lipinski definition) is 4. The number of hydrogen-bond donors (Lipinski definition) is 2. The van der Waals surface area contributed by atoms with Gasteiger partial charge in [0.05, 0.1) is 0 Å². The molecular formula is C10H17N3S. The SMILES string of the molecule is CC1(CNc2cc(N)ns2)CCCC1. The minimum atomic E-state index is 0.485. The second kappa shape index (κ2) is 3.77. The van der Waals surface area contributed by atoms with Crippen molar-refractivity contribution in [3.63, 3.8) is 0 Å². The Morgan fingerprint density at radius 1 is 1.57 bits per heavy atom. The normalized spacial score (nSPS) is 19.8. The van der Waals surface area contributed by atoms with Crippen molar-refractivity contribution >= 4 is 22.4 Å². The van der Waals surface area contributed by atoms with E-state index in [1.807, 2.05) is 6.07 Å². The smallest absolute Gasteiger partial charge is 0.139 e. The number of nitrogens with zero attached hydrogens (tertiary/aromatic N) is 1. The first kappa shape index (κ1) is 9.77. The highest BCUT2D eigenvalue weighted by molar-refractivity contribution is 7.10. The third-order valence-electron chi connectivity index (χ3n) is 3.03. The van der Waals surface area contributed by atoms with Gasteiger partial charge >= 0.3 is 0 Å². The lowest BCUT2D eigenvalue weighted by atomic mass is 9.89. The summed E-state index contributed by atoms with van der Waals surface area (Å²) < 4.78 is 4.04. The highest BCUT2D eigenvalue weighted by atomic mass is 32.1. The van der Waals surface area contributed by atoms with Crippen LogP contribution in [0.3, 0.4) is 0 Å². The molecule has 1 aliphatic rings. The summed E-state index contributed by atoms with van der Waals surface area (Å²) in [6.45, 7) is 3.41. The Labute approximate surface area is 88.9 Å². The predicted molar refractivity (Wildman–Crippen MR) is 61.6 cm³/mol. The van der Waals surface area contributed by atoms with Gasteiger partial charge in [-0.3, -0.25) is 0 Å². The fourth-order valence-corrected chi connectivity index (χ4v) is 2.64. The summed E-state index contributed by atoms with van der Waals surface area (Å²) in [7, 11) is 0. The van der Waals surface area contributed by atoms with Crippen LogP contribution in [0.2, 0.25) is 0 Å².